The molecule has 1 aromatic rings. The lowest BCUT2D eigenvalue weighted by Crippen LogP contribution is -2.28. The number of carboxylic acid groups (broad SMARTS) is 2. The van der Waals surface area contributed by atoms with E-state index in [-0.39, 0.29) is 13.1 Å². The molecule has 1 fully saturated rings. The topological polar surface area (TPSA) is 77.8 Å². The fourth-order valence-electron chi connectivity index (χ4n) is 2.29. The van der Waals surface area contributed by atoms with Gasteiger partial charge >= 0.3 is 12.1 Å². The first kappa shape index (κ1) is 12.3. The Hall–Kier alpha value is -2.11. The second-order valence-corrected chi connectivity index (χ2v) is 4.29. The summed E-state index contributed by atoms with van der Waals surface area (Å²) in [4.78, 5) is 23.0. The van der Waals surface area contributed by atoms with E-state index in [1.54, 1.807) is 6.07 Å². The molecule has 0 saturated carbocycles. The van der Waals surface area contributed by atoms with E-state index in [4.69, 9.17) is 10.2 Å². The van der Waals surface area contributed by atoms with Crippen LogP contribution in [0, 0.1) is 11.7 Å². The third-order valence-electron chi connectivity index (χ3n) is 3.18. The summed E-state index contributed by atoms with van der Waals surface area (Å²) >= 11 is 0. The van der Waals surface area contributed by atoms with Crippen LogP contribution in [0.25, 0.3) is 0 Å². The lowest BCUT2D eigenvalue weighted by Gasteiger charge is -2.14. The second-order valence-electron chi connectivity index (χ2n) is 4.29. The fourth-order valence-corrected chi connectivity index (χ4v) is 2.29. The molecule has 1 amide bonds. The highest BCUT2D eigenvalue weighted by Gasteiger charge is 2.40. The standard InChI is InChI=1S/C12H12FNO4/c13-8-3-1-2-7(4-8)9-5-14(12(17)18)6-10(9)11(15)16/h1-4,9-10H,5-6H2,(H,15,16)(H,17,18)/t9-,10+/m1/s1. The monoisotopic (exact) mass is 253 g/mol. The number of hydrogen-bond acceptors (Lipinski definition) is 2. The van der Waals surface area contributed by atoms with Gasteiger partial charge in [-0.2, -0.15) is 0 Å². The van der Waals surface area contributed by atoms with Gasteiger partial charge in [0.15, 0.2) is 0 Å². The highest BCUT2D eigenvalue weighted by atomic mass is 19.1. The number of halogens is 1. The minimum Gasteiger partial charge on any atom is -0.481 e. The third kappa shape index (κ3) is 2.27. The molecule has 96 valence electrons. The quantitative estimate of drug-likeness (QED) is 0.839. The van der Waals surface area contributed by atoms with Crippen molar-refractivity contribution in [1.29, 1.82) is 0 Å². The van der Waals surface area contributed by atoms with E-state index < -0.39 is 29.7 Å². The van der Waals surface area contributed by atoms with Crippen molar-refractivity contribution in [1.82, 2.24) is 4.90 Å². The van der Waals surface area contributed by atoms with Crippen LogP contribution in [0.4, 0.5) is 9.18 Å². The average molecular weight is 253 g/mol. The van der Waals surface area contributed by atoms with Gasteiger partial charge < -0.3 is 15.1 Å². The first-order valence-electron chi connectivity index (χ1n) is 5.45. The molecule has 5 nitrogen and oxygen atoms in total. The van der Waals surface area contributed by atoms with Crippen molar-refractivity contribution >= 4 is 12.1 Å². The van der Waals surface area contributed by atoms with Crippen molar-refractivity contribution in [2.24, 2.45) is 5.92 Å². The smallest absolute Gasteiger partial charge is 0.407 e. The van der Waals surface area contributed by atoms with E-state index in [2.05, 4.69) is 0 Å². The Kier molecular flexibility index (Phi) is 3.18. The van der Waals surface area contributed by atoms with Crippen LogP contribution in [-0.4, -0.2) is 40.3 Å². The number of nitrogens with zero attached hydrogens (tertiary/aromatic N) is 1. The Morgan fingerprint density at radius 2 is 2.00 bits per heavy atom. The molecule has 2 N–H and O–H groups in total. The number of benzene rings is 1. The zero-order valence-corrected chi connectivity index (χ0v) is 9.41. The van der Waals surface area contributed by atoms with E-state index >= 15 is 0 Å². The van der Waals surface area contributed by atoms with Gasteiger partial charge in [0, 0.05) is 19.0 Å². The molecular weight excluding hydrogens is 241 g/mol. The first-order chi connectivity index (χ1) is 8.49. The normalized spacial score (nSPS) is 23.1. The molecule has 0 aromatic heterocycles. The number of carboxylic acids is 1. The van der Waals surface area contributed by atoms with Crippen LogP contribution in [-0.2, 0) is 4.79 Å². The van der Waals surface area contributed by atoms with Gasteiger partial charge in [-0.05, 0) is 17.7 Å². The van der Waals surface area contributed by atoms with Crippen molar-refractivity contribution < 1.29 is 24.2 Å². The SMILES string of the molecule is O=C(O)[C@H]1CN(C(=O)O)C[C@@H]1c1cccc(F)c1. The molecule has 0 unspecified atom stereocenters. The maximum Gasteiger partial charge on any atom is 0.407 e. The van der Waals surface area contributed by atoms with Crippen molar-refractivity contribution in [2.75, 3.05) is 13.1 Å². The number of aliphatic carboxylic acids is 1. The van der Waals surface area contributed by atoms with Crippen LogP contribution in [0.5, 0.6) is 0 Å². The number of rotatable bonds is 2. The summed E-state index contributed by atoms with van der Waals surface area (Å²) in [5, 5.41) is 18.0. The molecule has 18 heavy (non-hydrogen) atoms. The predicted octanol–water partition coefficient (Wildman–Crippen LogP) is 1.60. The molecule has 1 aliphatic heterocycles. The van der Waals surface area contributed by atoms with Crippen LogP contribution in [0.15, 0.2) is 24.3 Å². The summed E-state index contributed by atoms with van der Waals surface area (Å²) in [6.45, 7) is 0.0155. The maximum atomic E-state index is 13.1. The van der Waals surface area contributed by atoms with Crippen molar-refractivity contribution in [2.45, 2.75) is 5.92 Å². The van der Waals surface area contributed by atoms with Crippen molar-refractivity contribution in [3.8, 4) is 0 Å². The van der Waals surface area contributed by atoms with Crippen LogP contribution in [0.2, 0.25) is 0 Å². The highest BCUT2D eigenvalue weighted by Crippen LogP contribution is 2.33. The molecule has 0 bridgehead atoms. The van der Waals surface area contributed by atoms with Crippen LogP contribution >= 0.6 is 0 Å². The molecule has 0 spiro atoms. The van der Waals surface area contributed by atoms with E-state index in [1.165, 1.54) is 18.2 Å². The summed E-state index contributed by atoms with van der Waals surface area (Å²) in [7, 11) is 0. The van der Waals surface area contributed by atoms with Crippen molar-refractivity contribution in [3.63, 3.8) is 0 Å². The number of hydrogen-bond donors (Lipinski definition) is 2. The fraction of sp³-hybridized carbons (Fsp3) is 0.333. The maximum absolute atomic E-state index is 13.1. The number of carbonyl (C=O) groups is 2. The molecular formula is C12H12FNO4. The lowest BCUT2D eigenvalue weighted by molar-refractivity contribution is -0.141. The van der Waals surface area contributed by atoms with Gasteiger partial charge in [-0.15, -0.1) is 0 Å². The van der Waals surface area contributed by atoms with E-state index in [9.17, 15) is 14.0 Å². The number of likely N-dealkylation sites (tertiary alicyclic amines) is 1. The Morgan fingerprint density at radius 3 is 2.56 bits per heavy atom. The van der Waals surface area contributed by atoms with Gasteiger partial charge in [0.25, 0.3) is 0 Å². The minimum atomic E-state index is -1.15. The highest BCUT2D eigenvalue weighted by molar-refractivity contribution is 5.75. The molecule has 1 saturated heterocycles. The molecule has 1 aromatic carbocycles. The second kappa shape index (κ2) is 4.64. The lowest BCUT2D eigenvalue weighted by atomic mass is 9.89. The third-order valence-corrected chi connectivity index (χ3v) is 3.18. The average Bonchev–Trinajstić information content (AvgIpc) is 2.73. The van der Waals surface area contributed by atoms with E-state index in [1.807, 2.05) is 0 Å². The predicted molar refractivity (Wildman–Crippen MR) is 59.9 cm³/mol. The molecule has 1 aliphatic rings. The largest absolute Gasteiger partial charge is 0.481 e. The molecule has 1 heterocycles. The van der Waals surface area contributed by atoms with Gasteiger partial charge in [-0.3, -0.25) is 4.79 Å². The van der Waals surface area contributed by atoms with Gasteiger partial charge in [0.2, 0.25) is 0 Å². The molecule has 2 atom stereocenters. The Labute approximate surface area is 102 Å². The molecule has 6 heteroatoms. The minimum absolute atomic E-state index is 0.0636. The Morgan fingerprint density at radius 1 is 1.28 bits per heavy atom. The Balaban J connectivity index is 2.30. The number of amides is 1. The van der Waals surface area contributed by atoms with Crippen LogP contribution in [0.1, 0.15) is 11.5 Å². The van der Waals surface area contributed by atoms with Gasteiger partial charge in [0.05, 0.1) is 5.92 Å². The van der Waals surface area contributed by atoms with E-state index in [0.717, 1.165) is 4.90 Å². The summed E-state index contributed by atoms with van der Waals surface area (Å²) in [5.74, 6) is -2.85. The summed E-state index contributed by atoms with van der Waals surface area (Å²) in [6.07, 6.45) is -1.15. The summed E-state index contributed by atoms with van der Waals surface area (Å²) in [6, 6.07) is 5.64. The first-order valence-corrected chi connectivity index (χ1v) is 5.45. The van der Waals surface area contributed by atoms with E-state index in [0.29, 0.717) is 5.56 Å². The zero-order valence-electron chi connectivity index (χ0n) is 9.41. The molecule has 0 aliphatic carbocycles. The summed E-state index contributed by atoms with van der Waals surface area (Å²) in [5.41, 5.74) is 0.520. The van der Waals surface area contributed by atoms with Crippen LogP contribution < -0.4 is 0 Å². The van der Waals surface area contributed by atoms with Crippen molar-refractivity contribution in [3.05, 3.63) is 35.6 Å². The van der Waals surface area contributed by atoms with Crippen LogP contribution in [0.3, 0.4) is 0 Å². The van der Waals surface area contributed by atoms with Gasteiger partial charge in [-0.25, -0.2) is 9.18 Å². The zero-order chi connectivity index (χ0) is 13.3. The van der Waals surface area contributed by atoms with Gasteiger partial charge in [-0.1, -0.05) is 12.1 Å². The Bertz CT molecular complexity index is 491. The summed E-state index contributed by atoms with van der Waals surface area (Å²) < 4.78 is 13.1. The van der Waals surface area contributed by atoms with Gasteiger partial charge in [0.1, 0.15) is 5.82 Å². The molecule has 0 radical (unpaired) electrons. The molecule has 2 rings (SSSR count).